The SMILES string of the molecule is CC1CCCC(CCNc2ccc(Cl)cc2N)C1. The molecule has 2 atom stereocenters. The number of halogens is 1. The van der Waals surface area contributed by atoms with E-state index >= 15 is 0 Å². The molecular weight excluding hydrogens is 244 g/mol. The third-order valence-corrected chi connectivity index (χ3v) is 4.16. The molecule has 1 aliphatic carbocycles. The second-order valence-electron chi connectivity index (χ2n) is 5.58. The van der Waals surface area contributed by atoms with Gasteiger partial charge in [-0.15, -0.1) is 0 Å². The van der Waals surface area contributed by atoms with E-state index in [9.17, 15) is 0 Å². The monoisotopic (exact) mass is 266 g/mol. The fourth-order valence-electron chi connectivity index (χ4n) is 2.93. The van der Waals surface area contributed by atoms with Crippen molar-refractivity contribution >= 4 is 23.0 Å². The maximum Gasteiger partial charge on any atom is 0.0574 e. The summed E-state index contributed by atoms with van der Waals surface area (Å²) in [6, 6.07) is 5.64. The van der Waals surface area contributed by atoms with Crippen molar-refractivity contribution in [1.82, 2.24) is 0 Å². The molecule has 1 aliphatic rings. The summed E-state index contributed by atoms with van der Waals surface area (Å²) in [6.45, 7) is 3.37. The number of rotatable bonds is 4. The molecule has 1 saturated carbocycles. The van der Waals surface area contributed by atoms with Crippen LogP contribution in [0.15, 0.2) is 18.2 Å². The average molecular weight is 267 g/mol. The van der Waals surface area contributed by atoms with Gasteiger partial charge in [0.25, 0.3) is 0 Å². The zero-order valence-electron chi connectivity index (χ0n) is 11.1. The third-order valence-electron chi connectivity index (χ3n) is 3.93. The van der Waals surface area contributed by atoms with E-state index < -0.39 is 0 Å². The van der Waals surface area contributed by atoms with E-state index in [0.29, 0.717) is 5.02 Å². The van der Waals surface area contributed by atoms with Crippen molar-refractivity contribution in [3.8, 4) is 0 Å². The average Bonchev–Trinajstić information content (AvgIpc) is 2.32. The minimum absolute atomic E-state index is 0.694. The topological polar surface area (TPSA) is 38.0 Å². The lowest BCUT2D eigenvalue weighted by Gasteiger charge is -2.26. The molecule has 3 heteroatoms. The van der Waals surface area contributed by atoms with Crippen LogP contribution in [0.25, 0.3) is 0 Å². The summed E-state index contributed by atoms with van der Waals surface area (Å²) in [5.41, 5.74) is 7.65. The van der Waals surface area contributed by atoms with E-state index in [4.69, 9.17) is 17.3 Å². The summed E-state index contributed by atoms with van der Waals surface area (Å²) in [6.07, 6.45) is 6.83. The fourth-order valence-corrected chi connectivity index (χ4v) is 3.11. The number of nitrogens with one attached hydrogen (secondary N) is 1. The summed E-state index contributed by atoms with van der Waals surface area (Å²) < 4.78 is 0. The highest BCUT2D eigenvalue weighted by Gasteiger charge is 2.18. The highest BCUT2D eigenvalue weighted by molar-refractivity contribution is 6.31. The van der Waals surface area contributed by atoms with Gasteiger partial charge in [-0.25, -0.2) is 0 Å². The first kappa shape index (κ1) is 13.5. The first-order chi connectivity index (χ1) is 8.65. The van der Waals surface area contributed by atoms with Crippen LogP contribution in [0, 0.1) is 11.8 Å². The van der Waals surface area contributed by atoms with E-state index in [1.807, 2.05) is 12.1 Å². The Labute approximate surface area is 115 Å². The fraction of sp³-hybridized carbons (Fsp3) is 0.600. The molecule has 1 aromatic rings. The van der Waals surface area contributed by atoms with Gasteiger partial charge in [0.15, 0.2) is 0 Å². The normalized spacial score (nSPS) is 23.9. The van der Waals surface area contributed by atoms with Crippen LogP contribution < -0.4 is 11.1 Å². The Morgan fingerprint density at radius 2 is 2.22 bits per heavy atom. The summed E-state index contributed by atoms with van der Waals surface area (Å²) in [7, 11) is 0. The lowest BCUT2D eigenvalue weighted by atomic mass is 9.81. The molecule has 0 saturated heterocycles. The second-order valence-corrected chi connectivity index (χ2v) is 6.02. The van der Waals surface area contributed by atoms with Gasteiger partial charge in [-0.1, -0.05) is 37.8 Å². The minimum Gasteiger partial charge on any atom is -0.397 e. The van der Waals surface area contributed by atoms with Crippen molar-refractivity contribution < 1.29 is 0 Å². The van der Waals surface area contributed by atoms with Crippen molar-refractivity contribution in [3.63, 3.8) is 0 Å². The molecule has 18 heavy (non-hydrogen) atoms. The molecule has 2 unspecified atom stereocenters. The third kappa shape index (κ3) is 3.81. The number of nitrogen functional groups attached to an aromatic ring is 1. The van der Waals surface area contributed by atoms with Crippen LogP contribution in [-0.2, 0) is 0 Å². The number of anilines is 2. The second kappa shape index (κ2) is 6.33. The van der Waals surface area contributed by atoms with Gasteiger partial charge in [0.2, 0.25) is 0 Å². The first-order valence-corrected chi connectivity index (χ1v) is 7.32. The highest BCUT2D eigenvalue weighted by atomic mass is 35.5. The van der Waals surface area contributed by atoms with Crippen molar-refractivity contribution in [2.24, 2.45) is 11.8 Å². The minimum atomic E-state index is 0.694. The van der Waals surface area contributed by atoms with Crippen molar-refractivity contribution in [2.45, 2.75) is 39.0 Å². The molecule has 2 rings (SSSR count). The summed E-state index contributed by atoms with van der Waals surface area (Å²) in [5, 5.41) is 4.11. The van der Waals surface area contributed by atoms with Gasteiger partial charge in [0, 0.05) is 11.6 Å². The van der Waals surface area contributed by atoms with Gasteiger partial charge >= 0.3 is 0 Å². The van der Waals surface area contributed by atoms with Crippen LogP contribution >= 0.6 is 11.6 Å². The lowest BCUT2D eigenvalue weighted by Crippen LogP contribution is -2.16. The van der Waals surface area contributed by atoms with Crippen molar-refractivity contribution in [2.75, 3.05) is 17.6 Å². The summed E-state index contributed by atoms with van der Waals surface area (Å²) >= 11 is 5.88. The number of hydrogen-bond donors (Lipinski definition) is 2. The zero-order chi connectivity index (χ0) is 13.0. The molecule has 0 radical (unpaired) electrons. The summed E-state index contributed by atoms with van der Waals surface area (Å²) in [4.78, 5) is 0. The van der Waals surface area contributed by atoms with Gasteiger partial charge in [0.05, 0.1) is 11.4 Å². The molecule has 1 fully saturated rings. The summed E-state index contributed by atoms with van der Waals surface area (Å²) in [5.74, 6) is 1.79. The molecular formula is C15H23ClN2. The number of benzene rings is 1. The Morgan fingerprint density at radius 3 is 2.94 bits per heavy atom. The van der Waals surface area contributed by atoms with Gasteiger partial charge in [-0.05, 0) is 42.9 Å². The first-order valence-electron chi connectivity index (χ1n) is 6.94. The van der Waals surface area contributed by atoms with Crippen LogP contribution in [0.1, 0.15) is 39.0 Å². The van der Waals surface area contributed by atoms with Crippen LogP contribution in [0.4, 0.5) is 11.4 Å². The maximum atomic E-state index is 5.92. The van der Waals surface area contributed by atoms with Crippen LogP contribution in [0.5, 0.6) is 0 Å². The standard InChI is InChI=1S/C15H23ClN2/c1-11-3-2-4-12(9-11)7-8-18-15-6-5-13(16)10-14(15)17/h5-6,10-12,18H,2-4,7-9,17H2,1H3. The Bertz CT molecular complexity index is 392. The molecule has 0 heterocycles. The number of nitrogens with two attached hydrogens (primary N) is 1. The zero-order valence-corrected chi connectivity index (χ0v) is 11.8. The molecule has 2 nitrogen and oxygen atoms in total. The Balaban J connectivity index is 1.77. The largest absolute Gasteiger partial charge is 0.397 e. The van der Waals surface area contributed by atoms with Gasteiger partial charge < -0.3 is 11.1 Å². The van der Waals surface area contributed by atoms with E-state index in [2.05, 4.69) is 12.2 Å². The van der Waals surface area contributed by atoms with E-state index in [1.165, 1.54) is 32.1 Å². The van der Waals surface area contributed by atoms with E-state index in [-0.39, 0.29) is 0 Å². The predicted molar refractivity (Wildman–Crippen MR) is 80.1 cm³/mol. The van der Waals surface area contributed by atoms with E-state index in [1.54, 1.807) is 6.07 Å². The highest BCUT2D eigenvalue weighted by Crippen LogP contribution is 2.31. The Kier molecular flexibility index (Phi) is 4.76. The van der Waals surface area contributed by atoms with E-state index in [0.717, 1.165) is 29.8 Å². The molecule has 100 valence electrons. The molecule has 0 bridgehead atoms. The molecule has 0 aromatic heterocycles. The molecule has 0 spiro atoms. The maximum absolute atomic E-state index is 5.92. The number of hydrogen-bond acceptors (Lipinski definition) is 2. The van der Waals surface area contributed by atoms with Gasteiger partial charge in [0.1, 0.15) is 0 Å². The predicted octanol–water partition coefficient (Wildman–Crippen LogP) is 4.55. The van der Waals surface area contributed by atoms with Crippen molar-refractivity contribution in [3.05, 3.63) is 23.2 Å². The molecule has 3 N–H and O–H groups in total. The van der Waals surface area contributed by atoms with Crippen LogP contribution in [0.2, 0.25) is 5.02 Å². The Morgan fingerprint density at radius 1 is 1.39 bits per heavy atom. The van der Waals surface area contributed by atoms with Crippen molar-refractivity contribution in [1.29, 1.82) is 0 Å². The molecule has 0 aliphatic heterocycles. The Hall–Kier alpha value is -0.890. The quantitative estimate of drug-likeness (QED) is 0.785. The molecule has 0 amide bonds. The lowest BCUT2D eigenvalue weighted by molar-refractivity contribution is 0.274. The van der Waals surface area contributed by atoms with Gasteiger partial charge in [-0.2, -0.15) is 0 Å². The van der Waals surface area contributed by atoms with Gasteiger partial charge in [-0.3, -0.25) is 0 Å². The smallest absolute Gasteiger partial charge is 0.0574 e. The van der Waals surface area contributed by atoms with Crippen LogP contribution in [0.3, 0.4) is 0 Å². The molecule has 1 aromatic carbocycles. The van der Waals surface area contributed by atoms with Crippen LogP contribution in [-0.4, -0.2) is 6.54 Å².